The Hall–Kier alpha value is -3.05. The summed E-state index contributed by atoms with van der Waals surface area (Å²) in [4.78, 5) is 26.2. The van der Waals surface area contributed by atoms with Crippen LogP contribution in [0.3, 0.4) is 0 Å². The van der Waals surface area contributed by atoms with E-state index in [1.807, 2.05) is 30.3 Å². The molecule has 1 N–H and O–H groups in total. The Morgan fingerprint density at radius 1 is 1.04 bits per heavy atom. The molecule has 3 aromatic rings. The molecule has 0 unspecified atom stereocenters. The van der Waals surface area contributed by atoms with Crippen LogP contribution in [0.15, 0.2) is 71.3 Å². The number of halogens is 1. The zero-order valence-corrected chi connectivity index (χ0v) is 14.9. The van der Waals surface area contributed by atoms with Crippen molar-refractivity contribution in [3.05, 3.63) is 77.7 Å². The van der Waals surface area contributed by atoms with Gasteiger partial charge in [0.05, 0.1) is 23.5 Å². The minimum atomic E-state index is -0.372. The number of furan rings is 1. The SMILES string of the molecule is CN(CC(=O)Nc1ccccc1Cl)C(=O)c1occc1-c1ccccc1. The van der Waals surface area contributed by atoms with Crippen molar-refractivity contribution in [2.24, 2.45) is 0 Å². The van der Waals surface area contributed by atoms with Gasteiger partial charge in [0, 0.05) is 12.6 Å². The lowest BCUT2D eigenvalue weighted by Gasteiger charge is -2.16. The number of hydrogen-bond acceptors (Lipinski definition) is 3. The number of anilines is 1. The van der Waals surface area contributed by atoms with E-state index >= 15 is 0 Å². The third kappa shape index (κ3) is 3.95. The van der Waals surface area contributed by atoms with Crippen molar-refractivity contribution in [2.45, 2.75) is 0 Å². The molecule has 0 aliphatic carbocycles. The Kier molecular flexibility index (Phi) is 5.39. The summed E-state index contributed by atoms with van der Waals surface area (Å²) in [6.45, 7) is -0.126. The molecule has 0 aliphatic rings. The molecule has 2 amide bonds. The van der Waals surface area contributed by atoms with Gasteiger partial charge in [0.2, 0.25) is 5.91 Å². The van der Waals surface area contributed by atoms with Gasteiger partial charge in [0.1, 0.15) is 0 Å². The number of para-hydroxylation sites is 1. The second kappa shape index (κ2) is 7.89. The number of amides is 2. The number of nitrogens with one attached hydrogen (secondary N) is 1. The van der Waals surface area contributed by atoms with Gasteiger partial charge in [-0.1, -0.05) is 54.1 Å². The van der Waals surface area contributed by atoms with Gasteiger partial charge in [-0.25, -0.2) is 0 Å². The summed E-state index contributed by atoms with van der Waals surface area (Å²) >= 11 is 6.03. The van der Waals surface area contributed by atoms with Crippen LogP contribution in [0, 0.1) is 0 Å². The van der Waals surface area contributed by atoms with Crippen LogP contribution < -0.4 is 5.32 Å². The molecule has 0 fully saturated rings. The van der Waals surface area contributed by atoms with Gasteiger partial charge >= 0.3 is 0 Å². The first-order chi connectivity index (χ1) is 12.6. The van der Waals surface area contributed by atoms with Crippen LogP contribution in [-0.2, 0) is 4.79 Å². The van der Waals surface area contributed by atoms with Crippen LogP contribution in [0.5, 0.6) is 0 Å². The van der Waals surface area contributed by atoms with Crippen LogP contribution in [0.4, 0.5) is 5.69 Å². The number of carbonyl (C=O) groups excluding carboxylic acids is 2. The molecular weight excluding hydrogens is 352 g/mol. The third-order valence-electron chi connectivity index (χ3n) is 3.82. The van der Waals surface area contributed by atoms with Crippen molar-refractivity contribution in [3.8, 4) is 11.1 Å². The summed E-state index contributed by atoms with van der Waals surface area (Å²) in [6.07, 6.45) is 1.47. The van der Waals surface area contributed by atoms with Crippen LogP contribution in [0.2, 0.25) is 5.02 Å². The third-order valence-corrected chi connectivity index (χ3v) is 4.15. The van der Waals surface area contributed by atoms with E-state index in [9.17, 15) is 9.59 Å². The molecule has 0 aliphatic heterocycles. The lowest BCUT2D eigenvalue weighted by Crippen LogP contribution is -2.35. The highest BCUT2D eigenvalue weighted by molar-refractivity contribution is 6.33. The molecule has 0 atom stereocenters. The smallest absolute Gasteiger partial charge is 0.290 e. The molecule has 0 spiro atoms. The standard InChI is InChI=1S/C20H17ClN2O3/c1-23(13-18(24)22-17-10-6-5-9-16(17)21)20(25)19-15(11-12-26-19)14-7-3-2-4-8-14/h2-12H,13H2,1H3,(H,22,24). The average molecular weight is 369 g/mol. The van der Waals surface area contributed by atoms with Gasteiger partial charge in [0.15, 0.2) is 5.76 Å². The molecule has 3 rings (SSSR count). The van der Waals surface area contributed by atoms with E-state index in [4.69, 9.17) is 16.0 Å². The molecule has 26 heavy (non-hydrogen) atoms. The number of benzene rings is 2. The minimum Gasteiger partial charge on any atom is -0.459 e. The maximum atomic E-state index is 12.7. The highest BCUT2D eigenvalue weighted by atomic mass is 35.5. The summed E-state index contributed by atoms with van der Waals surface area (Å²) in [7, 11) is 1.55. The van der Waals surface area contributed by atoms with E-state index in [0.29, 0.717) is 16.3 Å². The molecule has 0 saturated heterocycles. The van der Waals surface area contributed by atoms with E-state index in [1.54, 1.807) is 37.4 Å². The maximum absolute atomic E-state index is 12.7. The van der Waals surface area contributed by atoms with E-state index in [2.05, 4.69) is 5.32 Å². The fourth-order valence-electron chi connectivity index (χ4n) is 2.53. The predicted octanol–water partition coefficient (Wildman–Crippen LogP) is 4.31. The van der Waals surface area contributed by atoms with Gasteiger partial charge in [0.25, 0.3) is 5.91 Å². The summed E-state index contributed by atoms with van der Waals surface area (Å²) in [5.41, 5.74) is 2.07. The van der Waals surface area contributed by atoms with Gasteiger partial charge in [-0.3, -0.25) is 9.59 Å². The fraction of sp³-hybridized carbons (Fsp3) is 0.100. The molecule has 2 aromatic carbocycles. The lowest BCUT2D eigenvalue weighted by molar-refractivity contribution is -0.116. The molecule has 1 heterocycles. The number of carbonyl (C=O) groups is 2. The lowest BCUT2D eigenvalue weighted by atomic mass is 10.1. The van der Waals surface area contributed by atoms with Gasteiger partial charge in [-0.15, -0.1) is 0 Å². The number of nitrogens with zero attached hydrogens (tertiary/aromatic N) is 1. The van der Waals surface area contributed by atoms with Crippen molar-refractivity contribution in [1.29, 1.82) is 0 Å². The highest BCUT2D eigenvalue weighted by Gasteiger charge is 2.22. The van der Waals surface area contributed by atoms with Gasteiger partial charge in [-0.05, 0) is 23.8 Å². The predicted molar refractivity (Wildman–Crippen MR) is 101 cm³/mol. The zero-order valence-electron chi connectivity index (χ0n) is 14.1. The summed E-state index contributed by atoms with van der Waals surface area (Å²) in [6, 6.07) is 18.1. The molecule has 5 nitrogen and oxygen atoms in total. The van der Waals surface area contributed by atoms with Gasteiger partial charge in [-0.2, -0.15) is 0 Å². The quantitative estimate of drug-likeness (QED) is 0.729. The first kappa shape index (κ1) is 17.8. The van der Waals surface area contributed by atoms with Crippen molar-refractivity contribution in [1.82, 2.24) is 4.90 Å². The van der Waals surface area contributed by atoms with E-state index in [-0.39, 0.29) is 24.1 Å². The number of likely N-dealkylation sites (N-methyl/N-ethyl adjacent to an activating group) is 1. The molecule has 0 saturated carbocycles. The molecular formula is C20H17ClN2O3. The van der Waals surface area contributed by atoms with Crippen LogP contribution >= 0.6 is 11.6 Å². The fourth-order valence-corrected chi connectivity index (χ4v) is 2.72. The molecule has 6 heteroatoms. The van der Waals surface area contributed by atoms with E-state index in [0.717, 1.165) is 5.56 Å². The maximum Gasteiger partial charge on any atom is 0.290 e. The monoisotopic (exact) mass is 368 g/mol. The second-order valence-corrected chi connectivity index (χ2v) is 6.13. The first-order valence-corrected chi connectivity index (χ1v) is 8.37. The Bertz CT molecular complexity index is 922. The summed E-state index contributed by atoms with van der Waals surface area (Å²) in [5, 5.41) is 3.13. The largest absolute Gasteiger partial charge is 0.459 e. The highest BCUT2D eigenvalue weighted by Crippen LogP contribution is 2.25. The topological polar surface area (TPSA) is 62.6 Å². The summed E-state index contributed by atoms with van der Waals surface area (Å²) < 4.78 is 5.38. The second-order valence-electron chi connectivity index (χ2n) is 5.72. The Morgan fingerprint density at radius 2 is 1.73 bits per heavy atom. The normalized spacial score (nSPS) is 10.4. The van der Waals surface area contributed by atoms with Crippen molar-refractivity contribution in [2.75, 3.05) is 18.9 Å². The minimum absolute atomic E-state index is 0.126. The zero-order chi connectivity index (χ0) is 18.5. The van der Waals surface area contributed by atoms with Crippen molar-refractivity contribution < 1.29 is 14.0 Å². The van der Waals surface area contributed by atoms with Gasteiger partial charge < -0.3 is 14.6 Å². The average Bonchev–Trinajstić information content (AvgIpc) is 3.13. The number of hydrogen-bond donors (Lipinski definition) is 1. The Balaban J connectivity index is 1.70. The molecule has 132 valence electrons. The van der Waals surface area contributed by atoms with Crippen LogP contribution in [0.25, 0.3) is 11.1 Å². The van der Waals surface area contributed by atoms with Crippen molar-refractivity contribution in [3.63, 3.8) is 0 Å². The molecule has 0 bridgehead atoms. The van der Waals surface area contributed by atoms with Crippen molar-refractivity contribution >= 4 is 29.1 Å². The first-order valence-electron chi connectivity index (χ1n) is 7.99. The van der Waals surface area contributed by atoms with Crippen LogP contribution in [0.1, 0.15) is 10.6 Å². The molecule has 0 radical (unpaired) electrons. The number of rotatable bonds is 5. The van der Waals surface area contributed by atoms with E-state index < -0.39 is 0 Å². The van der Waals surface area contributed by atoms with E-state index in [1.165, 1.54) is 11.2 Å². The van der Waals surface area contributed by atoms with Crippen LogP contribution in [-0.4, -0.2) is 30.3 Å². The molecule has 1 aromatic heterocycles. The summed E-state index contributed by atoms with van der Waals surface area (Å²) in [5.74, 6) is -0.519. The Morgan fingerprint density at radius 3 is 2.46 bits per heavy atom. The Labute approximate surface area is 156 Å².